The van der Waals surface area contributed by atoms with Crippen LogP contribution in [0.15, 0.2) is 53.4 Å². The second-order valence-electron chi connectivity index (χ2n) is 6.45. The van der Waals surface area contributed by atoms with Crippen LogP contribution in [0, 0.1) is 0 Å². The van der Waals surface area contributed by atoms with E-state index in [0.29, 0.717) is 17.1 Å². The highest BCUT2D eigenvalue weighted by Gasteiger charge is 2.17. The molecular weight excluding hydrogens is 398 g/mol. The van der Waals surface area contributed by atoms with E-state index in [0.717, 1.165) is 35.7 Å². The average Bonchev–Trinajstić information content (AvgIpc) is 3.24. The van der Waals surface area contributed by atoms with Crippen LogP contribution in [0.3, 0.4) is 0 Å². The monoisotopic (exact) mass is 419 g/mol. The van der Waals surface area contributed by atoms with E-state index in [1.807, 2.05) is 36.4 Å². The molecule has 0 saturated carbocycles. The number of amides is 1. The van der Waals surface area contributed by atoms with Crippen molar-refractivity contribution in [1.82, 2.24) is 5.32 Å². The van der Waals surface area contributed by atoms with Crippen molar-refractivity contribution in [3.63, 3.8) is 0 Å². The smallest absolute Gasteiger partial charge is 0.338 e. The lowest BCUT2D eigenvalue weighted by Gasteiger charge is -2.11. The van der Waals surface area contributed by atoms with E-state index in [1.54, 1.807) is 23.9 Å². The number of carbonyl (C=O) groups excluding carboxylic acids is 2. The summed E-state index contributed by atoms with van der Waals surface area (Å²) in [5.41, 5.74) is 1.51. The number of halogens is 1. The normalized spacial score (nSPS) is 16.0. The first-order valence-electron chi connectivity index (χ1n) is 9.13. The van der Waals surface area contributed by atoms with Crippen molar-refractivity contribution in [3.8, 4) is 0 Å². The van der Waals surface area contributed by atoms with Gasteiger partial charge in [0.05, 0.1) is 11.7 Å². The van der Waals surface area contributed by atoms with Crippen LogP contribution in [-0.4, -0.2) is 37.7 Å². The number of thioether (sulfide) groups is 1. The summed E-state index contributed by atoms with van der Waals surface area (Å²) >= 11 is 7.57. The molecule has 3 rings (SSSR count). The zero-order valence-corrected chi connectivity index (χ0v) is 16.9. The molecule has 1 amide bonds. The van der Waals surface area contributed by atoms with Crippen molar-refractivity contribution in [1.29, 1.82) is 0 Å². The number of carbonyl (C=O) groups is 2. The third-order valence-electron chi connectivity index (χ3n) is 4.29. The van der Waals surface area contributed by atoms with Gasteiger partial charge in [-0.2, -0.15) is 0 Å². The predicted octanol–water partition coefficient (Wildman–Crippen LogP) is 4.08. The number of rotatable bonds is 8. The zero-order chi connectivity index (χ0) is 19.8. The molecule has 0 spiro atoms. The van der Waals surface area contributed by atoms with Crippen LogP contribution in [0.4, 0.5) is 0 Å². The van der Waals surface area contributed by atoms with Crippen LogP contribution < -0.4 is 5.32 Å². The van der Waals surface area contributed by atoms with Crippen molar-refractivity contribution in [2.45, 2.75) is 29.6 Å². The molecule has 1 aliphatic heterocycles. The summed E-state index contributed by atoms with van der Waals surface area (Å²) in [5.74, 6) is -0.0493. The van der Waals surface area contributed by atoms with Crippen molar-refractivity contribution in [2.75, 3.05) is 19.8 Å². The third-order valence-corrected chi connectivity index (χ3v) is 5.63. The molecule has 5 nitrogen and oxygen atoms in total. The molecule has 1 heterocycles. The Morgan fingerprint density at radius 2 is 1.89 bits per heavy atom. The minimum atomic E-state index is -0.510. The summed E-state index contributed by atoms with van der Waals surface area (Å²) in [6.45, 7) is 0.903. The Labute approximate surface area is 173 Å². The Morgan fingerprint density at radius 3 is 2.57 bits per heavy atom. The molecule has 1 saturated heterocycles. The molecule has 28 heavy (non-hydrogen) atoms. The second-order valence-corrected chi connectivity index (χ2v) is 7.94. The summed E-state index contributed by atoms with van der Waals surface area (Å²) in [4.78, 5) is 25.0. The zero-order valence-electron chi connectivity index (χ0n) is 15.4. The van der Waals surface area contributed by atoms with E-state index in [4.69, 9.17) is 21.1 Å². The molecule has 2 aromatic carbocycles. The van der Waals surface area contributed by atoms with E-state index in [2.05, 4.69) is 5.32 Å². The number of nitrogens with one attached hydrogen (secondary N) is 1. The van der Waals surface area contributed by atoms with Gasteiger partial charge in [-0.05, 0) is 54.8 Å². The highest BCUT2D eigenvalue weighted by Crippen LogP contribution is 2.24. The van der Waals surface area contributed by atoms with Gasteiger partial charge in [-0.15, -0.1) is 11.8 Å². The topological polar surface area (TPSA) is 64.6 Å². The first-order valence-corrected chi connectivity index (χ1v) is 10.5. The van der Waals surface area contributed by atoms with Gasteiger partial charge < -0.3 is 14.8 Å². The van der Waals surface area contributed by atoms with Gasteiger partial charge >= 0.3 is 5.97 Å². The van der Waals surface area contributed by atoms with Gasteiger partial charge in [0, 0.05) is 28.8 Å². The molecule has 1 unspecified atom stereocenters. The molecule has 148 valence electrons. The highest BCUT2D eigenvalue weighted by atomic mass is 35.5. The lowest BCUT2D eigenvalue weighted by atomic mass is 10.1. The van der Waals surface area contributed by atoms with E-state index >= 15 is 0 Å². The van der Waals surface area contributed by atoms with Crippen LogP contribution in [0.2, 0.25) is 5.02 Å². The van der Waals surface area contributed by atoms with Gasteiger partial charge in [0.2, 0.25) is 0 Å². The number of benzene rings is 2. The molecule has 2 aromatic rings. The predicted molar refractivity (Wildman–Crippen MR) is 110 cm³/mol. The first-order chi connectivity index (χ1) is 13.6. The molecule has 7 heteroatoms. The van der Waals surface area contributed by atoms with Crippen LogP contribution in [0.1, 0.15) is 28.8 Å². The quantitative estimate of drug-likeness (QED) is 0.515. The van der Waals surface area contributed by atoms with Gasteiger partial charge in [-0.25, -0.2) is 4.79 Å². The van der Waals surface area contributed by atoms with Gasteiger partial charge in [-0.3, -0.25) is 4.79 Å². The Morgan fingerprint density at radius 1 is 1.14 bits per heavy atom. The van der Waals surface area contributed by atoms with Crippen LogP contribution in [0.5, 0.6) is 0 Å². The van der Waals surface area contributed by atoms with Gasteiger partial charge in [0.25, 0.3) is 5.91 Å². The van der Waals surface area contributed by atoms with Gasteiger partial charge in [-0.1, -0.05) is 23.7 Å². The molecule has 1 atom stereocenters. The Bertz CT molecular complexity index is 789. The molecule has 0 aliphatic carbocycles. The minimum Gasteiger partial charge on any atom is -0.452 e. The maximum Gasteiger partial charge on any atom is 0.338 e. The fourth-order valence-corrected chi connectivity index (χ4v) is 3.71. The number of hydrogen-bond acceptors (Lipinski definition) is 5. The lowest BCUT2D eigenvalue weighted by Crippen LogP contribution is -2.34. The van der Waals surface area contributed by atoms with Crippen molar-refractivity contribution in [2.24, 2.45) is 0 Å². The Hall–Kier alpha value is -2.02. The largest absolute Gasteiger partial charge is 0.452 e. The van der Waals surface area contributed by atoms with Crippen LogP contribution in [0.25, 0.3) is 0 Å². The van der Waals surface area contributed by atoms with Gasteiger partial charge in [0.15, 0.2) is 6.61 Å². The molecular formula is C21H22ClNO4S. The summed E-state index contributed by atoms with van der Waals surface area (Å²) in [6.07, 6.45) is 2.03. The third kappa shape index (κ3) is 6.55. The summed E-state index contributed by atoms with van der Waals surface area (Å²) < 4.78 is 10.5. The number of hydrogen-bond donors (Lipinski definition) is 1. The summed E-state index contributed by atoms with van der Waals surface area (Å²) in [7, 11) is 0. The second kappa shape index (κ2) is 10.5. The van der Waals surface area contributed by atoms with E-state index in [9.17, 15) is 9.59 Å². The molecule has 0 aromatic heterocycles. The fraction of sp³-hybridized carbons (Fsp3) is 0.333. The summed E-state index contributed by atoms with van der Waals surface area (Å²) in [6, 6.07) is 14.9. The van der Waals surface area contributed by atoms with Crippen LogP contribution >= 0.6 is 23.4 Å². The standard InChI is InChI=1S/C21H22ClNO4S/c22-17-7-9-19(10-8-17)28-14-15-3-5-16(6-4-15)21(25)27-13-20(24)23-12-18-2-1-11-26-18/h3-10,18H,1-2,11-14H2,(H,23,24). The van der Waals surface area contributed by atoms with E-state index in [1.165, 1.54) is 0 Å². The van der Waals surface area contributed by atoms with Crippen LogP contribution in [-0.2, 0) is 20.0 Å². The first kappa shape index (κ1) is 20.7. The highest BCUT2D eigenvalue weighted by molar-refractivity contribution is 7.98. The number of esters is 1. The average molecular weight is 420 g/mol. The van der Waals surface area contributed by atoms with Crippen molar-refractivity contribution >= 4 is 35.2 Å². The Kier molecular flexibility index (Phi) is 7.77. The number of ether oxygens (including phenoxy) is 2. The maximum atomic E-state index is 12.1. The Balaban J connectivity index is 1.40. The fourth-order valence-electron chi connectivity index (χ4n) is 2.73. The lowest BCUT2D eigenvalue weighted by molar-refractivity contribution is -0.124. The summed E-state index contributed by atoms with van der Waals surface area (Å²) in [5, 5.41) is 3.44. The SMILES string of the molecule is O=C(COC(=O)c1ccc(CSc2ccc(Cl)cc2)cc1)NCC1CCCO1. The van der Waals surface area contributed by atoms with Crippen molar-refractivity contribution < 1.29 is 19.1 Å². The van der Waals surface area contributed by atoms with Crippen molar-refractivity contribution in [3.05, 3.63) is 64.7 Å². The molecule has 1 aliphatic rings. The molecule has 1 fully saturated rings. The van der Waals surface area contributed by atoms with Gasteiger partial charge in [0.1, 0.15) is 0 Å². The molecule has 0 radical (unpaired) electrons. The van der Waals surface area contributed by atoms with E-state index in [-0.39, 0.29) is 18.6 Å². The molecule has 1 N–H and O–H groups in total. The minimum absolute atomic E-state index is 0.0675. The maximum absolute atomic E-state index is 12.1. The van der Waals surface area contributed by atoms with E-state index < -0.39 is 5.97 Å². The molecule has 0 bridgehead atoms.